The van der Waals surface area contributed by atoms with Crippen molar-refractivity contribution in [1.29, 1.82) is 0 Å². The summed E-state index contributed by atoms with van der Waals surface area (Å²) in [5, 5.41) is 0. The number of hydrogen-bond donors (Lipinski definition) is 0. The molecule has 1 aliphatic rings. The van der Waals surface area contributed by atoms with Crippen LogP contribution in [0.3, 0.4) is 0 Å². The molecule has 1 heterocycles. The van der Waals surface area contributed by atoms with Crippen molar-refractivity contribution in [3.63, 3.8) is 0 Å². The molecule has 0 saturated carbocycles. The highest BCUT2D eigenvalue weighted by atomic mass is 35.5. The van der Waals surface area contributed by atoms with Crippen LogP contribution in [0.2, 0.25) is 0 Å². The number of rotatable bonds is 3. The number of piperidine rings is 1. The molecule has 0 bridgehead atoms. The van der Waals surface area contributed by atoms with Gasteiger partial charge in [0.2, 0.25) is 0 Å². The standard InChI is InChI=1S/C14H19ClFN/c1-2-11-4-3-7-17(10-11)14-6-5-13(16)8-12(14)9-15/h5-6,8,11H,2-4,7,9-10H2,1H3. The molecule has 0 N–H and O–H groups in total. The summed E-state index contributed by atoms with van der Waals surface area (Å²) in [7, 11) is 0. The molecule has 1 nitrogen and oxygen atoms in total. The fraction of sp³-hybridized carbons (Fsp3) is 0.571. The van der Waals surface area contributed by atoms with E-state index in [-0.39, 0.29) is 5.82 Å². The predicted octanol–water partition coefficient (Wildman–Crippen LogP) is 4.19. The number of halogens is 2. The Labute approximate surface area is 108 Å². The molecule has 0 radical (unpaired) electrons. The molecule has 1 aliphatic heterocycles. The van der Waals surface area contributed by atoms with Gasteiger partial charge in [-0.15, -0.1) is 11.6 Å². The molecule has 1 aromatic rings. The number of hydrogen-bond acceptors (Lipinski definition) is 1. The van der Waals surface area contributed by atoms with E-state index in [0.717, 1.165) is 30.3 Å². The van der Waals surface area contributed by atoms with Crippen molar-refractivity contribution in [3.8, 4) is 0 Å². The zero-order valence-corrected chi connectivity index (χ0v) is 11.0. The predicted molar refractivity (Wildman–Crippen MR) is 71.2 cm³/mol. The molecule has 1 saturated heterocycles. The van der Waals surface area contributed by atoms with E-state index in [0.29, 0.717) is 5.88 Å². The van der Waals surface area contributed by atoms with Crippen LogP contribution < -0.4 is 4.90 Å². The van der Waals surface area contributed by atoms with Crippen molar-refractivity contribution in [2.75, 3.05) is 18.0 Å². The molecule has 1 unspecified atom stereocenters. The first-order chi connectivity index (χ1) is 8.24. The van der Waals surface area contributed by atoms with Gasteiger partial charge in [-0.05, 0) is 42.5 Å². The van der Waals surface area contributed by atoms with Gasteiger partial charge in [0.1, 0.15) is 5.82 Å². The molecule has 2 rings (SSSR count). The number of alkyl halides is 1. The summed E-state index contributed by atoms with van der Waals surface area (Å²) in [6, 6.07) is 4.95. The van der Waals surface area contributed by atoms with E-state index < -0.39 is 0 Å². The smallest absolute Gasteiger partial charge is 0.123 e. The lowest BCUT2D eigenvalue weighted by Crippen LogP contribution is -2.35. The van der Waals surface area contributed by atoms with Crippen LogP contribution in [0.25, 0.3) is 0 Å². The summed E-state index contributed by atoms with van der Waals surface area (Å²) < 4.78 is 13.2. The maximum absolute atomic E-state index is 13.2. The van der Waals surface area contributed by atoms with Gasteiger partial charge < -0.3 is 4.90 Å². The van der Waals surface area contributed by atoms with Gasteiger partial charge in [-0.25, -0.2) is 4.39 Å². The van der Waals surface area contributed by atoms with Gasteiger partial charge in [-0.3, -0.25) is 0 Å². The lowest BCUT2D eigenvalue weighted by molar-refractivity contribution is 0.404. The van der Waals surface area contributed by atoms with Crippen LogP contribution in [-0.4, -0.2) is 13.1 Å². The average molecular weight is 256 g/mol. The van der Waals surface area contributed by atoms with E-state index in [2.05, 4.69) is 11.8 Å². The van der Waals surface area contributed by atoms with E-state index in [9.17, 15) is 4.39 Å². The average Bonchev–Trinajstić information content (AvgIpc) is 2.38. The summed E-state index contributed by atoms with van der Waals surface area (Å²) in [6.07, 6.45) is 3.75. The highest BCUT2D eigenvalue weighted by molar-refractivity contribution is 6.17. The lowest BCUT2D eigenvalue weighted by Gasteiger charge is -2.35. The van der Waals surface area contributed by atoms with Crippen molar-refractivity contribution in [2.45, 2.75) is 32.1 Å². The third kappa shape index (κ3) is 2.92. The van der Waals surface area contributed by atoms with Crippen LogP contribution >= 0.6 is 11.6 Å². The van der Waals surface area contributed by atoms with Crippen LogP contribution in [0.4, 0.5) is 10.1 Å². The van der Waals surface area contributed by atoms with Crippen LogP contribution in [-0.2, 0) is 5.88 Å². The summed E-state index contributed by atoms with van der Waals surface area (Å²) in [5.74, 6) is 0.936. The first-order valence-electron chi connectivity index (χ1n) is 6.34. The topological polar surface area (TPSA) is 3.24 Å². The normalized spacial score (nSPS) is 20.6. The van der Waals surface area contributed by atoms with Crippen LogP contribution in [0.5, 0.6) is 0 Å². The molecule has 3 heteroatoms. The number of anilines is 1. The quantitative estimate of drug-likeness (QED) is 0.732. The Hall–Kier alpha value is -0.760. The zero-order chi connectivity index (χ0) is 12.3. The second-order valence-corrected chi connectivity index (χ2v) is 5.04. The SMILES string of the molecule is CCC1CCCN(c2ccc(F)cc2CCl)C1. The summed E-state index contributed by atoms with van der Waals surface area (Å²) in [4.78, 5) is 2.36. The molecule has 94 valence electrons. The van der Waals surface area contributed by atoms with E-state index in [1.165, 1.54) is 25.3 Å². The van der Waals surface area contributed by atoms with E-state index in [4.69, 9.17) is 11.6 Å². The van der Waals surface area contributed by atoms with Crippen LogP contribution in [0, 0.1) is 11.7 Å². The maximum atomic E-state index is 13.2. The van der Waals surface area contributed by atoms with Gasteiger partial charge in [0, 0.05) is 24.7 Å². The summed E-state index contributed by atoms with van der Waals surface area (Å²) in [6.45, 7) is 4.37. The maximum Gasteiger partial charge on any atom is 0.123 e. The second-order valence-electron chi connectivity index (χ2n) is 4.77. The molecular weight excluding hydrogens is 237 g/mol. The van der Waals surface area contributed by atoms with Crippen molar-refractivity contribution in [3.05, 3.63) is 29.6 Å². The van der Waals surface area contributed by atoms with Gasteiger partial charge in [0.05, 0.1) is 0 Å². The largest absolute Gasteiger partial charge is 0.371 e. The van der Waals surface area contributed by atoms with Crippen molar-refractivity contribution in [2.24, 2.45) is 5.92 Å². The van der Waals surface area contributed by atoms with E-state index >= 15 is 0 Å². The Kier molecular flexibility index (Phi) is 4.27. The Morgan fingerprint density at radius 1 is 1.47 bits per heavy atom. The fourth-order valence-electron chi connectivity index (χ4n) is 2.59. The summed E-state index contributed by atoms with van der Waals surface area (Å²) in [5.41, 5.74) is 2.02. The zero-order valence-electron chi connectivity index (χ0n) is 10.3. The first-order valence-corrected chi connectivity index (χ1v) is 6.87. The Balaban J connectivity index is 2.20. The van der Waals surface area contributed by atoms with E-state index in [1.807, 2.05) is 6.07 Å². The van der Waals surface area contributed by atoms with Crippen molar-refractivity contribution < 1.29 is 4.39 Å². The van der Waals surface area contributed by atoms with Gasteiger partial charge in [0.15, 0.2) is 0 Å². The third-order valence-electron chi connectivity index (χ3n) is 3.62. The minimum atomic E-state index is -0.201. The third-order valence-corrected chi connectivity index (χ3v) is 3.91. The Bertz CT molecular complexity index is 380. The minimum Gasteiger partial charge on any atom is -0.371 e. The molecule has 0 aromatic heterocycles. The fourth-order valence-corrected chi connectivity index (χ4v) is 2.80. The Morgan fingerprint density at radius 3 is 3.00 bits per heavy atom. The van der Waals surface area contributed by atoms with E-state index in [1.54, 1.807) is 6.07 Å². The van der Waals surface area contributed by atoms with Gasteiger partial charge in [0.25, 0.3) is 0 Å². The molecule has 1 atom stereocenters. The molecule has 1 aromatic carbocycles. The van der Waals surface area contributed by atoms with Crippen molar-refractivity contribution in [1.82, 2.24) is 0 Å². The molecular formula is C14H19ClFN. The van der Waals surface area contributed by atoms with Gasteiger partial charge >= 0.3 is 0 Å². The minimum absolute atomic E-state index is 0.201. The Morgan fingerprint density at radius 2 is 2.29 bits per heavy atom. The van der Waals surface area contributed by atoms with Crippen LogP contribution in [0.1, 0.15) is 31.7 Å². The number of benzene rings is 1. The number of nitrogens with zero attached hydrogens (tertiary/aromatic N) is 1. The van der Waals surface area contributed by atoms with Gasteiger partial charge in [-0.1, -0.05) is 13.3 Å². The molecule has 0 aliphatic carbocycles. The van der Waals surface area contributed by atoms with Crippen LogP contribution in [0.15, 0.2) is 18.2 Å². The molecule has 17 heavy (non-hydrogen) atoms. The molecule has 0 spiro atoms. The first kappa shape index (κ1) is 12.7. The second kappa shape index (κ2) is 5.72. The lowest BCUT2D eigenvalue weighted by atomic mass is 9.95. The highest BCUT2D eigenvalue weighted by Crippen LogP contribution is 2.29. The van der Waals surface area contributed by atoms with Gasteiger partial charge in [-0.2, -0.15) is 0 Å². The van der Waals surface area contributed by atoms with Crippen molar-refractivity contribution >= 4 is 17.3 Å². The summed E-state index contributed by atoms with van der Waals surface area (Å²) >= 11 is 5.90. The molecule has 1 fully saturated rings. The molecule has 0 amide bonds. The monoisotopic (exact) mass is 255 g/mol. The highest BCUT2D eigenvalue weighted by Gasteiger charge is 2.20.